The van der Waals surface area contributed by atoms with Gasteiger partial charge in [-0.05, 0) is 36.4 Å². The van der Waals surface area contributed by atoms with Gasteiger partial charge in [-0.25, -0.2) is 0 Å². The van der Waals surface area contributed by atoms with Crippen LogP contribution in [0.4, 0.5) is 105 Å². The quantitative estimate of drug-likeness (QED) is 0.0528. The van der Waals surface area contributed by atoms with Gasteiger partial charge in [0.2, 0.25) is 5.78 Å². The molecule has 404 valence electrons. The van der Waals surface area contributed by atoms with Crippen LogP contribution in [0.1, 0.15) is 54.9 Å². The molecule has 1 atom stereocenters. The fourth-order valence-electron chi connectivity index (χ4n) is 7.80. The normalized spacial score (nSPS) is 13.8. The second-order valence-electron chi connectivity index (χ2n) is 16.3. The molecule has 0 saturated carbocycles. The summed E-state index contributed by atoms with van der Waals surface area (Å²) in [6, 6.07) is 8.60. The summed E-state index contributed by atoms with van der Waals surface area (Å²) >= 11 is 4.44. The Morgan fingerprint density at radius 3 is 0.827 bits per heavy atom. The van der Waals surface area contributed by atoms with Crippen LogP contribution in [0.5, 0.6) is 0 Å². The summed E-state index contributed by atoms with van der Waals surface area (Å²) < 4.78 is 341. The fraction of sp³-hybridized carbons (Fsp3) is 0.213. The molecular formula is C47H27BF24OS2. The van der Waals surface area contributed by atoms with Gasteiger partial charge in [0.1, 0.15) is 12.4 Å². The van der Waals surface area contributed by atoms with Crippen molar-refractivity contribution in [3.05, 3.63) is 177 Å². The summed E-state index contributed by atoms with van der Waals surface area (Å²) in [6.45, 7) is 0. The third-order valence-electron chi connectivity index (χ3n) is 11.1. The molecule has 0 aliphatic rings. The maximum absolute atomic E-state index is 14.2. The Morgan fingerprint density at radius 2 is 0.600 bits per heavy atom. The number of ketones is 1. The van der Waals surface area contributed by atoms with E-state index in [1.165, 1.54) is 0 Å². The number of alkyl halides is 24. The molecule has 0 saturated heterocycles. The van der Waals surface area contributed by atoms with Gasteiger partial charge in [-0.2, -0.15) is 127 Å². The highest BCUT2D eigenvalue weighted by molar-refractivity contribution is 7.97. The minimum absolute atomic E-state index is 0.101. The van der Waals surface area contributed by atoms with Crippen LogP contribution in [0.2, 0.25) is 0 Å². The van der Waals surface area contributed by atoms with Crippen molar-refractivity contribution in [3.8, 4) is 0 Å². The number of carbonyl (C=O) groups excluding carboxylic acids is 1. The molecule has 0 amide bonds. The Kier molecular flexibility index (Phi) is 16.7. The molecule has 6 aromatic carbocycles. The van der Waals surface area contributed by atoms with Gasteiger partial charge >= 0.3 is 49.4 Å². The van der Waals surface area contributed by atoms with Gasteiger partial charge < -0.3 is 0 Å². The standard InChI is InChI=1S/C32H12BF24.C15H14OS2/c34-25(35,36)13-1-14(26(37,38)39)6-21(5-13)33(22-7-15(27(40,41)42)2-16(8-22)28(43,44)45,23-9-17(29(46,47)48)3-18(10-23)30(49,50)51)24-11-19(31(52,53)54)4-20(12-24)32(55,56)57;1-18(15-10-6-5-9-14(15)17)11-13(16)12-7-3-2-4-8-12/h1-12H;2-10H,11H2,1H3/q-1;/p+1. The highest BCUT2D eigenvalue weighted by Crippen LogP contribution is 2.41. The van der Waals surface area contributed by atoms with Gasteiger partial charge in [0.25, 0.3) is 0 Å². The maximum Gasteiger partial charge on any atom is 0.416 e. The molecule has 0 spiro atoms. The zero-order chi connectivity index (χ0) is 56.9. The van der Waals surface area contributed by atoms with Gasteiger partial charge in [0.15, 0.2) is 10.6 Å². The van der Waals surface area contributed by atoms with Crippen molar-refractivity contribution in [1.29, 1.82) is 0 Å². The smallest absolute Gasteiger partial charge is 0.289 e. The van der Waals surface area contributed by atoms with Crippen molar-refractivity contribution < 1.29 is 110 Å². The number of hydrogen-bond donors (Lipinski definition) is 1. The van der Waals surface area contributed by atoms with Gasteiger partial charge in [-0.1, -0.05) is 91.0 Å². The topological polar surface area (TPSA) is 17.1 Å². The minimum Gasteiger partial charge on any atom is -0.289 e. The number of thiol groups is 1. The number of Topliss-reactive ketones (excluding diaryl/α,β-unsaturated/α-hetero) is 1. The van der Waals surface area contributed by atoms with E-state index < -0.39 is 195 Å². The molecular weight excluding hydrogens is 1110 g/mol. The van der Waals surface area contributed by atoms with E-state index in [4.69, 9.17) is 0 Å². The first-order valence-electron chi connectivity index (χ1n) is 20.3. The number of carbonyl (C=O) groups is 1. The van der Waals surface area contributed by atoms with Gasteiger partial charge in [0, 0.05) is 16.5 Å². The molecule has 0 aliphatic carbocycles. The fourth-order valence-corrected chi connectivity index (χ4v) is 9.88. The first-order chi connectivity index (χ1) is 33.9. The van der Waals surface area contributed by atoms with Crippen molar-refractivity contribution in [1.82, 2.24) is 0 Å². The molecule has 0 heterocycles. The van der Waals surface area contributed by atoms with E-state index in [0.717, 1.165) is 15.4 Å². The molecule has 0 aliphatic heterocycles. The number of hydrogen-bond acceptors (Lipinski definition) is 2. The molecule has 0 N–H and O–H groups in total. The van der Waals surface area contributed by atoms with Crippen molar-refractivity contribution in [3.63, 3.8) is 0 Å². The summed E-state index contributed by atoms with van der Waals surface area (Å²) in [5.74, 6) is 0.736. The molecule has 6 rings (SSSR count). The predicted molar refractivity (Wildman–Crippen MR) is 231 cm³/mol. The summed E-state index contributed by atoms with van der Waals surface area (Å²) in [5, 5.41) is 0. The van der Waals surface area contributed by atoms with Crippen LogP contribution in [0.3, 0.4) is 0 Å². The molecule has 1 unspecified atom stereocenters. The summed E-state index contributed by atoms with van der Waals surface area (Å²) in [4.78, 5) is 14.2. The lowest BCUT2D eigenvalue weighted by molar-refractivity contribution is -0.144. The molecule has 0 aromatic heterocycles. The highest BCUT2D eigenvalue weighted by atomic mass is 32.2. The van der Waals surface area contributed by atoms with Gasteiger partial charge in [-0.15, -0.1) is 12.6 Å². The molecule has 0 bridgehead atoms. The Bertz CT molecular complexity index is 2580. The first kappa shape index (κ1) is 59.9. The third kappa shape index (κ3) is 14.1. The van der Waals surface area contributed by atoms with Crippen LogP contribution in [0.15, 0.2) is 137 Å². The summed E-state index contributed by atoms with van der Waals surface area (Å²) in [6.07, 6.45) is -52.7. The molecule has 1 nitrogen and oxygen atoms in total. The Balaban J connectivity index is 0.000000483. The second-order valence-corrected chi connectivity index (χ2v) is 18.7. The highest BCUT2D eigenvalue weighted by Gasteiger charge is 2.47. The molecule has 0 radical (unpaired) electrons. The summed E-state index contributed by atoms with van der Waals surface area (Å²) in [7, 11) is -0.101. The van der Waals surface area contributed by atoms with Crippen LogP contribution in [0, 0.1) is 0 Å². The first-order valence-corrected chi connectivity index (χ1v) is 22.5. The number of benzene rings is 6. The lowest BCUT2D eigenvalue weighted by atomic mass is 9.12. The van der Waals surface area contributed by atoms with Crippen LogP contribution in [-0.2, 0) is 60.3 Å². The Morgan fingerprint density at radius 1 is 0.373 bits per heavy atom. The average molecular weight is 1140 g/mol. The van der Waals surface area contributed by atoms with E-state index in [9.17, 15) is 110 Å². The van der Waals surface area contributed by atoms with Gasteiger partial charge in [-0.3, -0.25) is 4.79 Å². The number of halogens is 24. The van der Waals surface area contributed by atoms with Crippen LogP contribution >= 0.6 is 12.6 Å². The Hall–Kier alpha value is -5.93. The van der Waals surface area contributed by atoms with Crippen LogP contribution < -0.4 is 21.9 Å². The maximum atomic E-state index is 14.2. The van der Waals surface area contributed by atoms with Crippen molar-refractivity contribution >= 4 is 57.3 Å². The van der Waals surface area contributed by atoms with E-state index in [1.807, 2.05) is 54.6 Å². The third-order valence-corrected chi connectivity index (χ3v) is 13.5. The predicted octanol–water partition coefficient (Wildman–Crippen LogP) is 14.7. The second kappa shape index (κ2) is 20.9. The SMILES string of the molecule is C[S+](CC(=O)c1ccccc1)c1ccccc1S.FC(F)(F)c1cc([B-](c2cc(C(F)(F)F)cc(C(F)(F)F)c2)(c2cc(C(F)(F)F)cc(C(F)(F)F)c2)c2cc(C(F)(F)F)cc(C(F)(F)F)c2)cc(C(F)(F)F)c1. The molecule has 75 heavy (non-hydrogen) atoms. The van der Waals surface area contributed by atoms with E-state index in [2.05, 4.69) is 18.9 Å². The zero-order valence-corrected chi connectivity index (χ0v) is 38.5. The van der Waals surface area contributed by atoms with E-state index in [1.54, 1.807) is 0 Å². The molecule has 0 fully saturated rings. The van der Waals surface area contributed by atoms with E-state index >= 15 is 0 Å². The lowest BCUT2D eigenvalue weighted by Crippen LogP contribution is -2.75. The number of rotatable bonds is 8. The van der Waals surface area contributed by atoms with Gasteiger partial charge in [0.05, 0.1) is 49.4 Å². The van der Waals surface area contributed by atoms with E-state index in [-0.39, 0.29) is 16.7 Å². The molecule has 28 heteroatoms. The minimum atomic E-state index is -6.13. The Labute approximate surface area is 415 Å². The van der Waals surface area contributed by atoms with Crippen molar-refractivity contribution in [2.24, 2.45) is 0 Å². The summed E-state index contributed by atoms with van der Waals surface area (Å²) in [5.41, 5.74) is -29.4. The van der Waals surface area contributed by atoms with Crippen LogP contribution in [-0.4, -0.2) is 23.9 Å². The van der Waals surface area contributed by atoms with Crippen molar-refractivity contribution in [2.75, 3.05) is 12.0 Å². The van der Waals surface area contributed by atoms with E-state index in [0.29, 0.717) is 5.75 Å². The zero-order valence-electron chi connectivity index (χ0n) is 36.7. The van der Waals surface area contributed by atoms with Crippen LogP contribution in [0.25, 0.3) is 0 Å². The van der Waals surface area contributed by atoms with Crippen molar-refractivity contribution in [2.45, 2.75) is 59.2 Å². The average Bonchev–Trinajstić information content (AvgIpc) is 3.27. The lowest BCUT2D eigenvalue weighted by Gasteiger charge is -2.46. The monoisotopic (exact) mass is 1140 g/mol. The molecule has 6 aromatic rings. The largest absolute Gasteiger partial charge is 0.416 e.